The average molecular weight is 525 g/mol. The number of aryl methyl sites for hydroxylation is 1. The Morgan fingerprint density at radius 2 is 1.39 bits per heavy atom. The number of benzene rings is 2. The van der Waals surface area contributed by atoms with Crippen LogP contribution in [-0.4, -0.2) is 36.9 Å². The highest BCUT2D eigenvalue weighted by atomic mass is 16.7. The molecule has 0 radical (unpaired) electrons. The number of hydrogen-bond donors (Lipinski definition) is 0. The van der Waals surface area contributed by atoms with E-state index in [-0.39, 0.29) is 12.0 Å². The van der Waals surface area contributed by atoms with Crippen molar-refractivity contribution < 1.29 is 18.8 Å². The van der Waals surface area contributed by atoms with Crippen molar-refractivity contribution in [3.63, 3.8) is 0 Å². The van der Waals surface area contributed by atoms with Crippen LogP contribution in [0.3, 0.4) is 0 Å². The fraction of sp³-hybridized carbons (Fsp3) is 0.618. The van der Waals surface area contributed by atoms with Gasteiger partial charge in [0.05, 0.1) is 14.1 Å². The van der Waals surface area contributed by atoms with Gasteiger partial charge < -0.3 is 14.0 Å². The summed E-state index contributed by atoms with van der Waals surface area (Å²) in [6, 6.07) is 18.4. The molecule has 0 bridgehead atoms. The second-order valence-electron chi connectivity index (χ2n) is 11.3. The number of likely N-dealkylation sites (N-methyl/N-ethyl adjacent to an activating group) is 1. The first-order chi connectivity index (χ1) is 18.4. The predicted octanol–water partition coefficient (Wildman–Crippen LogP) is 8.86. The molecule has 0 N–H and O–H groups in total. The van der Waals surface area contributed by atoms with E-state index in [1.165, 1.54) is 68.9 Å². The summed E-state index contributed by atoms with van der Waals surface area (Å²) in [5.74, 6) is 0.605. The van der Waals surface area contributed by atoms with Crippen LogP contribution in [0.25, 0.3) is 0 Å². The van der Waals surface area contributed by atoms with Gasteiger partial charge in [0.2, 0.25) is 6.29 Å². The first kappa shape index (κ1) is 31.9. The molecule has 4 heteroatoms. The van der Waals surface area contributed by atoms with Gasteiger partial charge in [-0.1, -0.05) is 115 Å². The number of nitrogens with zero attached hydrogens (tertiary/aromatic N) is 1. The number of esters is 1. The van der Waals surface area contributed by atoms with Crippen molar-refractivity contribution in [1.82, 2.24) is 0 Å². The third-order valence-electron chi connectivity index (χ3n) is 7.44. The molecule has 0 saturated carbocycles. The van der Waals surface area contributed by atoms with Crippen molar-refractivity contribution in [1.29, 1.82) is 0 Å². The molecule has 0 heterocycles. The molecule has 0 amide bonds. The molecule has 0 saturated heterocycles. The number of quaternary nitrogens is 1. The van der Waals surface area contributed by atoms with Gasteiger partial charge in [0.1, 0.15) is 12.3 Å². The van der Waals surface area contributed by atoms with E-state index in [9.17, 15) is 4.79 Å². The Morgan fingerprint density at radius 1 is 0.763 bits per heavy atom. The molecule has 2 atom stereocenters. The maximum Gasteiger partial charge on any atom is 0.368 e. The van der Waals surface area contributed by atoms with Crippen LogP contribution >= 0.6 is 0 Å². The lowest BCUT2D eigenvalue weighted by atomic mass is 10.0. The lowest BCUT2D eigenvalue weighted by molar-refractivity contribution is -0.919. The normalized spacial score (nSPS) is 13.2. The molecule has 4 nitrogen and oxygen atoms in total. The molecule has 0 aliphatic carbocycles. The molecule has 38 heavy (non-hydrogen) atoms. The Morgan fingerprint density at radius 3 is 2.03 bits per heavy atom. The van der Waals surface area contributed by atoms with Crippen molar-refractivity contribution in [2.75, 3.05) is 14.1 Å². The van der Waals surface area contributed by atoms with Crippen LogP contribution in [0, 0.1) is 0 Å². The van der Waals surface area contributed by atoms with E-state index < -0.39 is 6.29 Å². The van der Waals surface area contributed by atoms with Gasteiger partial charge in [-0.2, -0.15) is 0 Å². The minimum Gasteiger partial charge on any atom is -0.455 e. The van der Waals surface area contributed by atoms with Crippen LogP contribution in [0.15, 0.2) is 54.6 Å². The number of unbranched alkanes of at least 4 members (excludes halogenated alkanes) is 8. The van der Waals surface area contributed by atoms with Crippen molar-refractivity contribution in [3.05, 3.63) is 65.7 Å². The number of carbonyl (C=O) groups excluding carboxylic acids is 1. The number of hydrogen-bond acceptors (Lipinski definition) is 3. The van der Waals surface area contributed by atoms with Gasteiger partial charge in [-0.3, -0.25) is 0 Å². The Balaban J connectivity index is 1.87. The highest BCUT2D eigenvalue weighted by molar-refractivity contribution is 5.74. The predicted molar refractivity (Wildman–Crippen MR) is 159 cm³/mol. The van der Waals surface area contributed by atoms with Crippen molar-refractivity contribution in [2.24, 2.45) is 0 Å². The van der Waals surface area contributed by atoms with E-state index in [2.05, 4.69) is 65.2 Å². The van der Waals surface area contributed by atoms with Gasteiger partial charge in [-0.05, 0) is 37.0 Å². The van der Waals surface area contributed by atoms with Gasteiger partial charge in [-0.25, -0.2) is 4.79 Å². The standard InChI is InChI=1S/C34H54NO3/c1-6-9-10-11-12-13-14-15-17-22-29-25-20-26-31(27-29)37-33(21-7-2)38-34(36)32(8-3)35(4,5)28-30-23-18-16-19-24-30/h16,18-20,23-27,32-33H,6-15,17,21-22,28H2,1-5H3/q+1. The zero-order valence-corrected chi connectivity index (χ0v) is 24.9. The second kappa shape index (κ2) is 18.0. The highest BCUT2D eigenvalue weighted by Gasteiger charge is 2.36. The smallest absolute Gasteiger partial charge is 0.368 e. The van der Waals surface area contributed by atoms with Gasteiger partial charge in [-0.15, -0.1) is 0 Å². The van der Waals surface area contributed by atoms with Gasteiger partial charge in [0.15, 0.2) is 6.04 Å². The molecular weight excluding hydrogens is 470 g/mol. The number of rotatable bonds is 20. The van der Waals surface area contributed by atoms with Crippen LogP contribution in [-0.2, 0) is 22.5 Å². The lowest BCUT2D eigenvalue weighted by Crippen LogP contribution is -2.53. The minimum atomic E-state index is -0.568. The zero-order valence-electron chi connectivity index (χ0n) is 24.9. The van der Waals surface area contributed by atoms with Crippen LogP contribution in [0.1, 0.15) is 109 Å². The molecule has 212 valence electrons. The molecule has 0 aliphatic heterocycles. The summed E-state index contributed by atoms with van der Waals surface area (Å²) in [5, 5.41) is 0. The summed E-state index contributed by atoms with van der Waals surface area (Å²) in [6.45, 7) is 7.20. The first-order valence-electron chi connectivity index (χ1n) is 15.2. The SMILES string of the molecule is CCCCCCCCCCCc1cccc(OC(CCC)OC(=O)C(CC)[N+](C)(C)Cc2ccccc2)c1. The van der Waals surface area contributed by atoms with E-state index in [1.54, 1.807) is 0 Å². The van der Waals surface area contributed by atoms with E-state index in [0.29, 0.717) is 17.3 Å². The fourth-order valence-corrected chi connectivity index (χ4v) is 5.26. The van der Waals surface area contributed by atoms with Gasteiger partial charge in [0, 0.05) is 18.4 Å². The Hall–Kier alpha value is -2.33. The average Bonchev–Trinajstić information content (AvgIpc) is 2.88. The number of carbonyl (C=O) groups is 1. The molecule has 2 rings (SSSR count). The molecule has 0 aromatic heterocycles. The maximum atomic E-state index is 13.3. The monoisotopic (exact) mass is 524 g/mol. The Kier molecular flexibility index (Phi) is 15.1. The zero-order chi connectivity index (χ0) is 27.6. The van der Waals surface area contributed by atoms with Crippen molar-refractivity contribution in [3.8, 4) is 5.75 Å². The van der Waals surface area contributed by atoms with Crippen LogP contribution < -0.4 is 4.74 Å². The van der Waals surface area contributed by atoms with Crippen LogP contribution in [0.2, 0.25) is 0 Å². The van der Waals surface area contributed by atoms with E-state index in [4.69, 9.17) is 9.47 Å². The first-order valence-corrected chi connectivity index (χ1v) is 15.2. The maximum absolute atomic E-state index is 13.3. The molecule has 2 aromatic carbocycles. The Bertz CT molecular complexity index is 896. The number of ether oxygens (including phenoxy) is 2. The largest absolute Gasteiger partial charge is 0.455 e. The summed E-state index contributed by atoms with van der Waals surface area (Å²) in [4.78, 5) is 13.3. The van der Waals surface area contributed by atoms with E-state index in [1.807, 2.05) is 24.3 Å². The molecular formula is C34H54NO3+. The van der Waals surface area contributed by atoms with Crippen LogP contribution in [0.4, 0.5) is 0 Å². The summed E-state index contributed by atoms with van der Waals surface area (Å²) in [6.07, 6.45) is 14.8. The van der Waals surface area contributed by atoms with E-state index >= 15 is 0 Å². The fourth-order valence-electron chi connectivity index (χ4n) is 5.26. The summed E-state index contributed by atoms with van der Waals surface area (Å²) < 4.78 is 12.8. The highest BCUT2D eigenvalue weighted by Crippen LogP contribution is 2.22. The quantitative estimate of drug-likeness (QED) is 0.0751. The summed E-state index contributed by atoms with van der Waals surface area (Å²) in [5.41, 5.74) is 2.51. The third kappa shape index (κ3) is 12.0. The van der Waals surface area contributed by atoms with Gasteiger partial charge >= 0.3 is 5.97 Å². The topological polar surface area (TPSA) is 35.5 Å². The van der Waals surface area contributed by atoms with Gasteiger partial charge in [0.25, 0.3) is 0 Å². The molecule has 0 aliphatic rings. The Labute approximate surface area is 233 Å². The third-order valence-corrected chi connectivity index (χ3v) is 7.44. The molecule has 2 unspecified atom stereocenters. The molecule has 0 fully saturated rings. The minimum absolute atomic E-state index is 0.183. The van der Waals surface area contributed by atoms with E-state index in [0.717, 1.165) is 25.1 Å². The summed E-state index contributed by atoms with van der Waals surface area (Å²) in [7, 11) is 4.21. The summed E-state index contributed by atoms with van der Waals surface area (Å²) >= 11 is 0. The molecule has 0 spiro atoms. The van der Waals surface area contributed by atoms with Crippen molar-refractivity contribution >= 4 is 5.97 Å². The second-order valence-corrected chi connectivity index (χ2v) is 11.3. The molecule has 2 aromatic rings. The van der Waals surface area contributed by atoms with Crippen LogP contribution in [0.5, 0.6) is 5.75 Å². The van der Waals surface area contributed by atoms with Crippen molar-refractivity contribution in [2.45, 2.75) is 123 Å². The lowest BCUT2D eigenvalue weighted by Gasteiger charge is -2.36.